The molecule has 4 rings (SSSR count). The maximum atomic E-state index is 12.9. The summed E-state index contributed by atoms with van der Waals surface area (Å²) in [6, 6.07) is 8.37. The molecule has 2 aliphatic rings. The van der Waals surface area contributed by atoms with E-state index in [2.05, 4.69) is 48.4 Å². The largest absolute Gasteiger partial charge is 0.481 e. The molecule has 2 aliphatic carbocycles. The Kier molecular flexibility index (Phi) is 5.00. The van der Waals surface area contributed by atoms with E-state index in [1.807, 2.05) is 6.92 Å². The molecule has 2 bridgehead atoms. The molecule has 148 valence electrons. The number of carboxylic acids is 1. The van der Waals surface area contributed by atoms with E-state index in [0.29, 0.717) is 11.0 Å². The molecule has 28 heavy (non-hydrogen) atoms. The monoisotopic (exact) mass is 398 g/mol. The fraction of sp³-hybridized carbons (Fsp3) is 0.500. The number of nitrogens with one attached hydrogen (secondary N) is 1. The number of rotatable bonds is 5. The molecule has 1 aromatic carbocycles. The number of nitrogens with zero attached hydrogens (tertiary/aromatic N) is 1. The SMILES string of the molecule is Cc1sc(NC(=O)[C@@H]2[C@H]3CC[C@@H](C3)[C@H]2C(=O)O)nc1-c1ccc(C(C)C)cc1. The molecule has 4 atom stereocenters. The minimum absolute atomic E-state index is 0.145. The zero-order valence-electron chi connectivity index (χ0n) is 16.4. The van der Waals surface area contributed by atoms with Gasteiger partial charge in [-0.3, -0.25) is 9.59 Å². The predicted molar refractivity (Wildman–Crippen MR) is 110 cm³/mol. The summed E-state index contributed by atoms with van der Waals surface area (Å²) < 4.78 is 0. The minimum Gasteiger partial charge on any atom is -0.481 e. The maximum absolute atomic E-state index is 12.9. The van der Waals surface area contributed by atoms with Gasteiger partial charge in [-0.15, -0.1) is 11.3 Å². The van der Waals surface area contributed by atoms with Gasteiger partial charge in [0.25, 0.3) is 0 Å². The van der Waals surface area contributed by atoms with Crippen LogP contribution in [0.1, 0.15) is 49.5 Å². The summed E-state index contributed by atoms with van der Waals surface area (Å²) >= 11 is 1.45. The van der Waals surface area contributed by atoms with Crippen LogP contribution < -0.4 is 5.32 Å². The van der Waals surface area contributed by atoms with Gasteiger partial charge in [0, 0.05) is 10.4 Å². The Balaban J connectivity index is 1.52. The molecule has 5 nitrogen and oxygen atoms in total. The highest BCUT2D eigenvalue weighted by atomic mass is 32.1. The first-order valence-corrected chi connectivity index (χ1v) is 10.8. The lowest BCUT2D eigenvalue weighted by atomic mass is 9.79. The Morgan fingerprint density at radius 1 is 1.14 bits per heavy atom. The molecule has 1 heterocycles. The lowest BCUT2D eigenvalue weighted by Crippen LogP contribution is -2.37. The number of fused-ring (bicyclic) bond motifs is 2. The molecule has 0 spiro atoms. The molecule has 0 radical (unpaired) electrons. The highest BCUT2D eigenvalue weighted by molar-refractivity contribution is 7.16. The number of thiazole rings is 1. The van der Waals surface area contributed by atoms with Crippen molar-refractivity contribution >= 4 is 28.3 Å². The van der Waals surface area contributed by atoms with Crippen molar-refractivity contribution in [2.75, 3.05) is 5.32 Å². The van der Waals surface area contributed by atoms with E-state index < -0.39 is 17.8 Å². The fourth-order valence-electron chi connectivity index (χ4n) is 4.96. The van der Waals surface area contributed by atoms with Crippen LogP contribution in [-0.2, 0) is 9.59 Å². The Labute approximate surface area is 169 Å². The van der Waals surface area contributed by atoms with Gasteiger partial charge in [0.05, 0.1) is 17.5 Å². The summed E-state index contributed by atoms with van der Waals surface area (Å²) in [7, 11) is 0. The second kappa shape index (κ2) is 7.32. The molecular formula is C22H26N2O3S. The quantitative estimate of drug-likeness (QED) is 0.749. The molecule has 0 saturated heterocycles. The van der Waals surface area contributed by atoms with Gasteiger partial charge < -0.3 is 10.4 Å². The first kappa shape index (κ1) is 19.1. The number of carbonyl (C=O) groups is 2. The molecule has 1 amide bonds. The van der Waals surface area contributed by atoms with Crippen molar-refractivity contribution in [1.82, 2.24) is 4.98 Å². The number of hydrogen-bond acceptors (Lipinski definition) is 4. The standard InChI is InChI=1S/C22H26N2O3S/c1-11(2)13-4-6-14(7-5-13)19-12(3)28-22(23-19)24-20(25)17-15-8-9-16(10-15)18(17)21(26)27/h4-7,11,15-18H,8-10H2,1-3H3,(H,26,27)(H,23,24,25)/t15-,16-,17+,18+/m0/s1. The fourth-order valence-corrected chi connectivity index (χ4v) is 5.79. The molecule has 1 aromatic heterocycles. The first-order valence-electron chi connectivity index (χ1n) is 9.96. The molecule has 0 unspecified atom stereocenters. The van der Waals surface area contributed by atoms with Crippen molar-refractivity contribution in [3.63, 3.8) is 0 Å². The van der Waals surface area contributed by atoms with Crippen LogP contribution in [0.2, 0.25) is 0 Å². The average Bonchev–Trinajstić information content (AvgIpc) is 3.35. The van der Waals surface area contributed by atoms with E-state index in [1.54, 1.807) is 0 Å². The molecule has 0 aliphatic heterocycles. The Hall–Kier alpha value is -2.21. The summed E-state index contributed by atoms with van der Waals surface area (Å²) in [5, 5.41) is 13.1. The van der Waals surface area contributed by atoms with Gasteiger partial charge in [-0.25, -0.2) is 4.98 Å². The number of amides is 1. The van der Waals surface area contributed by atoms with Crippen molar-refractivity contribution in [3.8, 4) is 11.3 Å². The summed E-state index contributed by atoms with van der Waals surface area (Å²) in [4.78, 5) is 30.2. The number of carbonyl (C=O) groups excluding carboxylic acids is 1. The van der Waals surface area contributed by atoms with E-state index in [4.69, 9.17) is 0 Å². The molecule has 2 fully saturated rings. The van der Waals surface area contributed by atoms with Gasteiger partial charge in [-0.2, -0.15) is 0 Å². The Bertz CT molecular complexity index is 903. The second-order valence-electron chi connectivity index (χ2n) is 8.41. The summed E-state index contributed by atoms with van der Waals surface area (Å²) in [6.45, 7) is 6.32. The highest BCUT2D eigenvalue weighted by Gasteiger charge is 2.54. The number of carboxylic acid groups (broad SMARTS) is 1. The van der Waals surface area contributed by atoms with E-state index in [9.17, 15) is 14.7 Å². The van der Waals surface area contributed by atoms with Gasteiger partial charge in [0.2, 0.25) is 5.91 Å². The third-order valence-electron chi connectivity index (χ3n) is 6.38. The molecule has 6 heteroatoms. The van der Waals surface area contributed by atoms with E-state index >= 15 is 0 Å². The van der Waals surface area contributed by atoms with Crippen LogP contribution in [0, 0.1) is 30.6 Å². The highest BCUT2D eigenvalue weighted by Crippen LogP contribution is 2.52. The molecule has 2 N–H and O–H groups in total. The summed E-state index contributed by atoms with van der Waals surface area (Å²) in [6.07, 6.45) is 2.74. The average molecular weight is 399 g/mol. The van der Waals surface area contributed by atoms with Gasteiger partial charge in [0.15, 0.2) is 5.13 Å². The lowest BCUT2D eigenvalue weighted by Gasteiger charge is -2.26. The normalized spacial score (nSPS) is 26.0. The zero-order chi connectivity index (χ0) is 20.0. The third kappa shape index (κ3) is 3.34. The van der Waals surface area contributed by atoms with E-state index in [0.717, 1.165) is 35.4 Å². The molecule has 2 aromatic rings. The van der Waals surface area contributed by atoms with Crippen molar-refractivity contribution in [3.05, 3.63) is 34.7 Å². The van der Waals surface area contributed by atoms with Gasteiger partial charge >= 0.3 is 5.97 Å². The molecule has 2 saturated carbocycles. The van der Waals surface area contributed by atoms with Gasteiger partial charge in [0.1, 0.15) is 0 Å². The Morgan fingerprint density at radius 3 is 2.39 bits per heavy atom. The Morgan fingerprint density at radius 2 is 1.79 bits per heavy atom. The van der Waals surface area contributed by atoms with Crippen molar-refractivity contribution < 1.29 is 14.7 Å². The molecular weight excluding hydrogens is 372 g/mol. The van der Waals surface area contributed by atoms with Crippen molar-refractivity contribution in [2.24, 2.45) is 23.7 Å². The third-order valence-corrected chi connectivity index (χ3v) is 7.27. The van der Waals surface area contributed by atoms with Crippen molar-refractivity contribution in [1.29, 1.82) is 0 Å². The smallest absolute Gasteiger partial charge is 0.307 e. The topological polar surface area (TPSA) is 79.3 Å². The number of anilines is 1. The minimum atomic E-state index is -0.839. The lowest BCUT2D eigenvalue weighted by molar-refractivity contribution is -0.148. The second-order valence-corrected chi connectivity index (χ2v) is 9.62. The van der Waals surface area contributed by atoms with Crippen molar-refractivity contribution in [2.45, 2.75) is 46.0 Å². The number of hydrogen-bond donors (Lipinski definition) is 2. The van der Waals surface area contributed by atoms with Gasteiger partial charge in [-0.05, 0) is 49.5 Å². The number of aromatic nitrogens is 1. The zero-order valence-corrected chi connectivity index (χ0v) is 17.3. The van der Waals surface area contributed by atoms with Crippen LogP contribution in [0.3, 0.4) is 0 Å². The van der Waals surface area contributed by atoms with Crippen LogP contribution in [0.15, 0.2) is 24.3 Å². The van der Waals surface area contributed by atoms with Gasteiger partial charge in [-0.1, -0.05) is 38.1 Å². The summed E-state index contributed by atoms with van der Waals surface area (Å²) in [5.74, 6) is -1.20. The predicted octanol–water partition coefficient (Wildman–Crippen LogP) is 4.93. The van der Waals surface area contributed by atoms with Crippen LogP contribution in [-0.4, -0.2) is 22.0 Å². The number of benzene rings is 1. The number of aliphatic carboxylic acids is 1. The number of aryl methyl sites for hydroxylation is 1. The summed E-state index contributed by atoms with van der Waals surface area (Å²) in [5.41, 5.74) is 3.18. The van der Waals surface area contributed by atoms with Crippen LogP contribution in [0.25, 0.3) is 11.3 Å². The van der Waals surface area contributed by atoms with E-state index in [-0.39, 0.29) is 17.7 Å². The van der Waals surface area contributed by atoms with E-state index in [1.165, 1.54) is 16.9 Å². The first-order chi connectivity index (χ1) is 13.3. The van der Waals surface area contributed by atoms with Crippen LogP contribution in [0.4, 0.5) is 5.13 Å². The van der Waals surface area contributed by atoms with Crippen LogP contribution >= 0.6 is 11.3 Å². The maximum Gasteiger partial charge on any atom is 0.307 e. The van der Waals surface area contributed by atoms with Crippen LogP contribution in [0.5, 0.6) is 0 Å².